The first kappa shape index (κ1) is 44.1. The van der Waals surface area contributed by atoms with Crippen LogP contribution in [-0.2, 0) is 16.0 Å². The maximum atomic E-state index is 12.9. The molecular formula is C39H58Cl2N2O4. The summed E-state index contributed by atoms with van der Waals surface area (Å²) in [6.07, 6.45) is 16.1. The fourth-order valence-corrected chi connectivity index (χ4v) is 5.12. The van der Waals surface area contributed by atoms with Crippen molar-refractivity contribution in [1.29, 1.82) is 0 Å². The summed E-state index contributed by atoms with van der Waals surface area (Å²) in [5.41, 5.74) is 7.18. The van der Waals surface area contributed by atoms with Gasteiger partial charge in [-0.25, -0.2) is 0 Å². The number of hydrogen-bond acceptors (Lipinski definition) is 6. The second-order valence-corrected chi connectivity index (χ2v) is 13.0. The number of hydrogen-bond donors (Lipinski definition) is 0. The van der Waals surface area contributed by atoms with E-state index < -0.39 is 0 Å². The molecule has 0 amide bonds. The molecule has 2 aromatic carbocycles. The quantitative estimate of drug-likeness (QED) is 0.0937. The van der Waals surface area contributed by atoms with Crippen molar-refractivity contribution in [2.45, 2.75) is 86.5 Å². The van der Waals surface area contributed by atoms with E-state index in [0.717, 1.165) is 60.4 Å². The van der Waals surface area contributed by atoms with E-state index >= 15 is 0 Å². The van der Waals surface area contributed by atoms with Gasteiger partial charge in [-0.15, -0.1) is 24.8 Å². The molecule has 2 rings (SSSR count). The van der Waals surface area contributed by atoms with Crippen LogP contribution < -0.4 is 9.47 Å². The molecule has 6 nitrogen and oxygen atoms in total. The summed E-state index contributed by atoms with van der Waals surface area (Å²) in [7, 11) is 7.35. The highest BCUT2D eigenvalue weighted by Gasteiger charge is 2.22. The van der Waals surface area contributed by atoms with Gasteiger partial charge in [0.15, 0.2) is 0 Å². The van der Waals surface area contributed by atoms with Gasteiger partial charge in [-0.05, 0) is 120 Å². The van der Waals surface area contributed by atoms with Crippen molar-refractivity contribution in [3.8, 4) is 11.5 Å². The second kappa shape index (κ2) is 22.6. The van der Waals surface area contributed by atoms with E-state index in [4.69, 9.17) is 9.47 Å². The highest BCUT2D eigenvalue weighted by Crippen LogP contribution is 2.41. The standard InChI is InChI=1S/C39H56N2O4.2ClH/c1-28(2)16-13-17-29(3)18-14-19-30(4)20-15-21-31(5)24-25-33-32(6)38(44-36(42)26-40(7)8)34-22-11-12-23-35(34)39(33)45-37(43)27-41(9)10;;/h11-12,16,18,20,22-24H,13-15,17,19,21,25-27H2,1-10H3;2*1H/b29-18+,30-20+,31-24+;;. The summed E-state index contributed by atoms with van der Waals surface area (Å²) in [5, 5.41) is 1.50. The highest BCUT2D eigenvalue weighted by atomic mass is 35.5. The van der Waals surface area contributed by atoms with Crippen molar-refractivity contribution < 1.29 is 19.1 Å². The maximum absolute atomic E-state index is 12.9. The zero-order valence-corrected chi connectivity index (χ0v) is 32.0. The Hall–Kier alpha value is -2.90. The molecule has 0 spiro atoms. The summed E-state index contributed by atoms with van der Waals surface area (Å²) in [5.74, 6) is 0.388. The average Bonchev–Trinajstić information content (AvgIpc) is 2.93. The van der Waals surface area contributed by atoms with Gasteiger partial charge in [-0.2, -0.15) is 0 Å². The van der Waals surface area contributed by atoms with Gasteiger partial charge >= 0.3 is 11.9 Å². The van der Waals surface area contributed by atoms with Crippen molar-refractivity contribution >= 4 is 47.5 Å². The largest absolute Gasteiger partial charge is 0.425 e. The Bertz CT molecular complexity index is 1430. The summed E-state index contributed by atoms with van der Waals surface area (Å²) in [4.78, 5) is 29.2. The van der Waals surface area contributed by atoms with Gasteiger partial charge in [0.05, 0.1) is 13.1 Å². The smallest absolute Gasteiger partial charge is 0.325 e. The minimum absolute atomic E-state index is 0. The molecule has 0 aliphatic heterocycles. The molecule has 0 saturated carbocycles. The lowest BCUT2D eigenvalue weighted by Crippen LogP contribution is -2.27. The Morgan fingerprint density at radius 2 is 1.04 bits per heavy atom. The first-order valence-corrected chi connectivity index (χ1v) is 16.1. The Labute approximate surface area is 296 Å². The van der Waals surface area contributed by atoms with Crippen LogP contribution in [0.4, 0.5) is 0 Å². The van der Waals surface area contributed by atoms with E-state index in [-0.39, 0.29) is 49.8 Å². The number of carbonyl (C=O) groups excluding carboxylic acids is 2. The van der Waals surface area contributed by atoms with Crippen LogP contribution in [0, 0.1) is 6.92 Å². The molecular weight excluding hydrogens is 631 g/mol. The molecule has 47 heavy (non-hydrogen) atoms. The number of nitrogens with zero attached hydrogens (tertiary/aromatic N) is 2. The lowest BCUT2D eigenvalue weighted by Gasteiger charge is -2.20. The molecule has 8 heteroatoms. The van der Waals surface area contributed by atoms with E-state index in [1.807, 2.05) is 59.4 Å². The minimum atomic E-state index is -0.334. The number of fused-ring (bicyclic) bond motifs is 1. The Morgan fingerprint density at radius 3 is 1.49 bits per heavy atom. The zero-order chi connectivity index (χ0) is 33.5. The number of halogens is 2. The normalized spacial score (nSPS) is 12.1. The topological polar surface area (TPSA) is 59.1 Å². The van der Waals surface area contributed by atoms with Crippen LogP contribution in [0.1, 0.15) is 84.3 Å². The summed E-state index contributed by atoms with van der Waals surface area (Å²) < 4.78 is 12.0. The molecule has 0 atom stereocenters. The molecule has 0 aliphatic rings. The van der Waals surface area contributed by atoms with Crippen LogP contribution in [-0.4, -0.2) is 63.0 Å². The summed E-state index contributed by atoms with van der Waals surface area (Å²) in [6.45, 7) is 13.2. The number of ether oxygens (including phenoxy) is 2. The average molecular weight is 690 g/mol. The number of benzene rings is 2. The molecule has 0 aromatic heterocycles. The van der Waals surface area contributed by atoms with E-state index in [1.165, 1.54) is 22.3 Å². The van der Waals surface area contributed by atoms with Crippen LogP contribution in [0.2, 0.25) is 0 Å². The lowest BCUT2D eigenvalue weighted by atomic mass is 9.95. The van der Waals surface area contributed by atoms with Crippen molar-refractivity contribution in [3.05, 3.63) is 82.0 Å². The molecule has 2 aromatic rings. The molecule has 0 bridgehead atoms. The first-order valence-electron chi connectivity index (χ1n) is 16.1. The molecule has 262 valence electrons. The third-order valence-electron chi connectivity index (χ3n) is 7.61. The zero-order valence-electron chi connectivity index (χ0n) is 30.3. The fraction of sp³-hybridized carbons (Fsp3) is 0.487. The Balaban J connectivity index is 0.0000106. The van der Waals surface area contributed by atoms with Gasteiger partial charge in [0.2, 0.25) is 0 Å². The van der Waals surface area contributed by atoms with E-state index in [2.05, 4.69) is 58.9 Å². The summed E-state index contributed by atoms with van der Waals surface area (Å²) >= 11 is 0. The number of likely N-dealkylation sites (N-methyl/N-ethyl adjacent to an activating group) is 2. The van der Waals surface area contributed by atoms with E-state index in [9.17, 15) is 9.59 Å². The molecule has 0 saturated heterocycles. The predicted molar refractivity (Wildman–Crippen MR) is 204 cm³/mol. The molecule has 0 aliphatic carbocycles. The van der Waals surface area contributed by atoms with Crippen LogP contribution in [0.15, 0.2) is 70.9 Å². The third-order valence-corrected chi connectivity index (χ3v) is 7.61. The van der Waals surface area contributed by atoms with Gasteiger partial charge in [0, 0.05) is 16.3 Å². The maximum Gasteiger partial charge on any atom is 0.325 e. The van der Waals surface area contributed by atoms with Gasteiger partial charge in [-0.3, -0.25) is 19.4 Å². The molecule has 0 heterocycles. The molecule has 0 N–H and O–H groups in total. The first-order chi connectivity index (χ1) is 21.3. The van der Waals surface area contributed by atoms with Crippen LogP contribution >= 0.6 is 24.8 Å². The molecule has 0 unspecified atom stereocenters. The van der Waals surface area contributed by atoms with Crippen LogP contribution in [0.3, 0.4) is 0 Å². The molecule has 0 fully saturated rings. The van der Waals surface area contributed by atoms with E-state index in [1.54, 1.807) is 9.80 Å². The third kappa shape index (κ3) is 16.2. The number of esters is 2. The monoisotopic (exact) mass is 688 g/mol. The van der Waals surface area contributed by atoms with Gasteiger partial charge in [0.1, 0.15) is 11.5 Å². The van der Waals surface area contributed by atoms with Crippen molar-refractivity contribution in [2.24, 2.45) is 0 Å². The van der Waals surface area contributed by atoms with Gasteiger partial charge in [0.25, 0.3) is 0 Å². The SMILES string of the molecule is CC(C)=CCC/C(C)=C/CC/C(C)=C/CC/C(C)=C/Cc1c(C)c(OC(=O)CN(C)C)c2ccccc2c1OC(=O)CN(C)C.Cl.Cl. The Morgan fingerprint density at radius 1 is 0.638 bits per heavy atom. The lowest BCUT2D eigenvalue weighted by molar-refractivity contribution is -0.136. The summed E-state index contributed by atoms with van der Waals surface area (Å²) in [6, 6.07) is 7.64. The highest BCUT2D eigenvalue weighted by molar-refractivity contribution is 5.99. The minimum Gasteiger partial charge on any atom is -0.425 e. The van der Waals surface area contributed by atoms with Gasteiger partial charge in [-0.1, -0.05) is 70.9 Å². The second-order valence-electron chi connectivity index (χ2n) is 13.0. The fourth-order valence-electron chi connectivity index (χ4n) is 5.12. The van der Waals surface area contributed by atoms with Gasteiger partial charge < -0.3 is 9.47 Å². The van der Waals surface area contributed by atoms with Crippen molar-refractivity contribution in [1.82, 2.24) is 9.80 Å². The Kier molecular flexibility index (Phi) is 21.2. The van der Waals surface area contributed by atoms with Crippen molar-refractivity contribution in [2.75, 3.05) is 41.3 Å². The van der Waals surface area contributed by atoms with E-state index in [0.29, 0.717) is 17.9 Å². The van der Waals surface area contributed by atoms with Crippen LogP contribution in [0.25, 0.3) is 10.8 Å². The van der Waals surface area contributed by atoms with Crippen molar-refractivity contribution in [3.63, 3.8) is 0 Å². The number of allylic oxidation sites excluding steroid dienone is 8. The number of rotatable bonds is 17. The molecule has 0 radical (unpaired) electrons. The number of carbonyl (C=O) groups is 2. The predicted octanol–water partition coefficient (Wildman–Crippen LogP) is 9.61. The van der Waals surface area contributed by atoms with Crippen LogP contribution in [0.5, 0.6) is 11.5 Å².